The van der Waals surface area contributed by atoms with Crippen molar-refractivity contribution in [2.24, 2.45) is 0 Å². The molecule has 0 fully saturated rings. The Balaban J connectivity index is 2.00. The van der Waals surface area contributed by atoms with Crippen LogP contribution in [0.2, 0.25) is 0 Å². The van der Waals surface area contributed by atoms with Crippen molar-refractivity contribution in [3.63, 3.8) is 0 Å². The molecule has 3 aromatic carbocycles. The maximum absolute atomic E-state index is 10.5. The van der Waals surface area contributed by atoms with Gasteiger partial charge in [0.25, 0.3) is 0 Å². The largest absolute Gasteiger partial charge is 0.507 e. The molecule has 1 N–H and O–H groups in total. The van der Waals surface area contributed by atoms with Crippen molar-refractivity contribution in [1.29, 1.82) is 0 Å². The van der Waals surface area contributed by atoms with Gasteiger partial charge in [-0.05, 0) is 47.1 Å². The fraction of sp³-hybridized carbons (Fsp3) is 0.217. The van der Waals surface area contributed by atoms with Crippen LogP contribution in [-0.4, -0.2) is 5.11 Å². The normalized spacial score (nSPS) is 11.0. The molecule has 0 atom stereocenters. The summed E-state index contributed by atoms with van der Waals surface area (Å²) in [5, 5.41) is 10.5. The third kappa shape index (κ3) is 3.51. The van der Waals surface area contributed by atoms with Gasteiger partial charge in [-0.25, -0.2) is 0 Å². The van der Waals surface area contributed by atoms with Gasteiger partial charge in [0.2, 0.25) is 0 Å². The molecule has 3 rings (SSSR count). The first kappa shape index (κ1) is 16.3. The topological polar surface area (TPSA) is 20.2 Å². The highest BCUT2D eigenvalue weighted by atomic mass is 16.3. The zero-order chi connectivity index (χ0) is 16.9. The van der Waals surface area contributed by atoms with Crippen LogP contribution >= 0.6 is 0 Å². The standard InChI is InChI=1S/C23H24O/c1-17(2)20-12-6-7-13-21(20)23-19(11-8-14-22(23)24)16-15-18-9-4-3-5-10-18/h3-14,17,24H,15-16H2,1-2H3. The number of rotatable bonds is 5. The average Bonchev–Trinajstić information content (AvgIpc) is 2.61. The van der Waals surface area contributed by atoms with Gasteiger partial charge in [-0.2, -0.15) is 0 Å². The summed E-state index contributed by atoms with van der Waals surface area (Å²) in [5.74, 6) is 0.788. The van der Waals surface area contributed by atoms with Crippen molar-refractivity contribution in [2.75, 3.05) is 0 Å². The van der Waals surface area contributed by atoms with Crippen LogP contribution in [0, 0.1) is 0 Å². The fourth-order valence-electron chi connectivity index (χ4n) is 3.26. The lowest BCUT2D eigenvalue weighted by atomic mass is 9.88. The molecule has 0 saturated carbocycles. The Morgan fingerprint density at radius 3 is 2.21 bits per heavy atom. The van der Waals surface area contributed by atoms with Crippen molar-refractivity contribution >= 4 is 0 Å². The van der Waals surface area contributed by atoms with Gasteiger partial charge in [0.1, 0.15) is 5.75 Å². The van der Waals surface area contributed by atoms with Gasteiger partial charge >= 0.3 is 0 Å². The lowest BCUT2D eigenvalue weighted by molar-refractivity contribution is 0.476. The summed E-state index contributed by atoms with van der Waals surface area (Å²) in [4.78, 5) is 0. The summed E-state index contributed by atoms with van der Waals surface area (Å²) < 4.78 is 0. The zero-order valence-corrected chi connectivity index (χ0v) is 14.4. The van der Waals surface area contributed by atoms with Gasteiger partial charge in [0.05, 0.1) is 0 Å². The van der Waals surface area contributed by atoms with Crippen LogP contribution in [0.25, 0.3) is 11.1 Å². The summed E-state index contributed by atoms with van der Waals surface area (Å²) in [5.41, 5.74) is 5.93. The maximum atomic E-state index is 10.5. The Kier molecular flexibility index (Phi) is 5.00. The van der Waals surface area contributed by atoms with E-state index in [9.17, 15) is 5.11 Å². The minimum Gasteiger partial charge on any atom is -0.507 e. The third-order valence-electron chi connectivity index (χ3n) is 4.51. The smallest absolute Gasteiger partial charge is 0.123 e. The molecule has 0 aliphatic carbocycles. The van der Waals surface area contributed by atoms with Crippen LogP contribution in [0.15, 0.2) is 72.8 Å². The molecule has 0 amide bonds. The van der Waals surface area contributed by atoms with E-state index in [1.165, 1.54) is 16.7 Å². The summed E-state index contributed by atoms with van der Waals surface area (Å²) in [6.07, 6.45) is 1.89. The molecule has 0 aliphatic heterocycles. The van der Waals surface area contributed by atoms with Crippen LogP contribution in [0.3, 0.4) is 0 Å². The van der Waals surface area contributed by atoms with E-state index in [0.717, 1.165) is 24.0 Å². The first-order chi connectivity index (χ1) is 11.7. The zero-order valence-electron chi connectivity index (χ0n) is 14.4. The van der Waals surface area contributed by atoms with Crippen LogP contribution < -0.4 is 0 Å². The number of hydrogen-bond acceptors (Lipinski definition) is 1. The molecular weight excluding hydrogens is 292 g/mol. The molecule has 0 heterocycles. The SMILES string of the molecule is CC(C)c1ccccc1-c1c(O)cccc1CCc1ccccc1. The molecule has 0 unspecified atom stereocenters. The van der Waals surface area contributed by atoms with Gasteiger partial charge in [-0.3, -0.25) is 0 Å². The van der Waals surface area contributed by atoms with E-state index in [1.807, 2.05) is 12.1 Å². The molecule has 0 spiro atoms. The molecule has 1 heteroatoms. The second-order valence-electron chi connectivity index (χ2n) is 6.54. The van der Waals surface area contributed by atoms with Crippen molar-refractivity contribution in [2.45, 2.75) is 32.6 Å². The van der Waals surface area contributed by atoms with Crippen LogP contribution in [0.1, 0.15) is 36.5 Å². The predicted molar refractivity (Wildman–Crippen MR) is 101 cm³/mol. The number of aryl methyl sites for hydroxylation is 2. The highest BCUT2D eigenvalue weighted by molar-refractivity contribution is 5.76. The minimum absolute atomic E-state index is 0.369. The van der Waals surface area contributed by atoms with Gasteiger partial charge < -0.3 is 5.11 Å². The molecule has 1 nitrogen and oxygen atoms in total. The summed E-state index contributed by atoms with van der Waals surface area (Å²) >= 11 is 0. The van der Waals surface area contributed by atoms with Crippen LogP contribution in [-0.2, 0) is 12.8 Å². The Morgan fingerprint density at radius 2 is 1.46 bits per heavy atom. The minimum atomic E-state index is 0.369. The van der Waals surface area contributed by atoms with E-state index in [4.69, 9.17) is 0 Å². The first-order valence-electron chi connectivity index (χ1n) is 8.61. The first-order valence-corrected chi connectivity index (χ1v) is 8.61. The second kappa shape index (κ2) is 7.35. The van der Waals surface area contributed by atoms with Crippen molar-refractivity contribution in [3.05, 3.63) is 89.5 Å². The highest BCUT2D eigenvalue weighted by Gasteiger charge is 2.15. The van der Waals surface area contributed by atoms with E-state index in [1.54, 1.807) is 6.07 Å². The van der Waals surface area contributed by atoms with E-state index in [0.29, 0.717) is 11.7 Å². The molecule has 0 bridgehead atoms. The second-order valence-corrected chi connectivity index (χ2v) is 6.54. The van der Waals surface area contributed by atoms with Gasteiger partial charge in [0, 0.05) is 5.56 Å². The lowest BCUT2D eigenvalue weighted by Gasteiger charge is -2.17. The maximum Gasteiger partial charge on any atom is 0.123 e. The number of benzene rings is 3. The van der Waals surface area contributed by atoms with Gasteiger partial charge in [-0.1, -0.05) is 80.6 Å². The summed E-state index contributed by atoms with van der Waals surface area (Å²) in [6, 6.07) is 24.8. The van der Waals surface area contributed by atoms with Gasteiger partial charge in [0.15, 0.2) is 0 Å². The van der Waals surface area contributed by atoms with Gasteiger partial charge in [-0.15, -0.1) is 0 Å². The molecule has 0 saturated heterocycles. The molecule has 122 valence electrons. The van der Waals surface area contributed by atoms with E-state index in [2.05, 4.69) is 68.4 Å². The van der Waals surface area contributed by atoms with E-state index >= 15 is 0 Å². The van der Waals surface area contributed by atoms with Crippen LogP contribution in [0.5, 0.6) is 5.75 Å². The Labute approximate surface area is 144 Å². The van der Waals surface area contributed by atoms with Crippen molar-refractivity contribution in [1.82, 2.24) is 0 Å². The molecule has 0 radical (unpaired) electrons. The monoisotopic (exact) mass is 316 g/mol. The third-order valence-corrected chi connectivity index (χ3v) is 4.51. The summed E-state index contributed by atoms with van der Waals surface area (Å²) in [7, 11) is 0. The number of aromatic hydroxyl groups is 1. The Hall–Kier alpha value is -2.54. The average molecular weight is 316 g/mol. The molecular formula is C23H24O. The van der Waals surface area contributed by atoms with E-state index < -0.39 is 0 Å². The number of phenolic OH excluding ortho intramolecular Hbond substituents is 1. The quantitative estimate of drug-likeness (QED) is 0.615. The highest BCUT2D eigenvalue weighted by Crippen LogP contribution is 2.37. The molecule has 3 aromatic rings. The predicted octanol–water partition coefficient (Wildman–Crippen LogP) is 5.97. The van der Waals surface area contributed by atoms with E-state index in [-0.39, 0.29) is 0 Å². The number of hydrogen-bond donors (Lipinski definition) is 1. The Bertz CT molecular complexity index is 803. The molecule has 0 aromatic heterocycles. The molecule has 24 heavy (non-hydrogen) atoms. The Morgan fingerprint density at radius 1 is 0.750 bits per heavy atom. The number of phenols is 1. The van der Waals surface area contributed by atoms with Crippen LogP contribution in [0.4, 0.5) is 0 Å². The fourth-order valence-corrected chi connectivity index (χ4v) is 3.26. The van der Waals surface area contributed by atoms with Crippen molar-refractivity contribution < 1.29 is 5.11 Å². The molecule has 0 aliphatic rings. The lowest BCUT2D eigenvalue weighted by Crippen LogP contribution is -1.98. The summed E-state index contributed by atoms with van der Waals surface area (Å²) in [6.45, 7) is 4.39. The van der Waals surface area contributed by atoms with Crippen molar-refractivity contribution in [3.8, 4) is 16.9 Å².